The standard InChI is InChI=1S/C17H15ClFNO/c18-14(8-11-4-2-1-3-5-11)13-9-12-6-7-17(21)20-16(12)10-15(13)19/h1-5,9-10,14H,6-8H2,(H,20,21). The Morgan fingerprint density at radius 1 is 1.19 bits per heavy atom. The minimum atomic E-state index is -0.421. The molecule has 1 amide bonds. The zero-order valence-electron chi connectivity index (χ0n) is 11.4. The predicted molar refractivity (Wildman–Crippen MR) is 82.1 cm³/mol. The lowest BCUT2D eigenvalue weighted by molar-refractivity contribution is -0.116. The molecule has 4 heteroatoms. The number of carbonyl (C=O) groups excluding carboxylic acids is 1. The number of hydrogen-bond donors (Lipinski definition) is 1. The van der Waals surface area contributed by atoms with Gasteiger partial charge in [0.2, 0.25) is 5.91 Å². The van der Waals surface area contributed by atoms with E-state index in [4.69, 9.17) is 11.6 Å². The number of rotatable bonds is 3. The quantitative estimate of drug-likeness (QED) is 0.845. The molecule has 108 valence electrons. The van der Waals surface area contributed by atoms with Crippen molar-refractivity contribution in [3.8, 4) is 0 Å². The average molecular weight is 304 g/mol. The maximum absolute atomic E-state index is 14.2. The van der Waals surface area contributed by atoms with E-state index in [1.165, 1.54) is 6.07 Å². The van der Waals surface area contributed by atoms with E-state index < -0.39 is 5.38 Å². The van der Waals surface area contributed by atoms with E-state index in [1.807, 2.05) is 30.3 Å². The fourth-order valence-corrected chi connectivity index (χ4v) is 2.94. The third kappa shape index (κ3) is 3.08. The van der Waals surface area contributed by atoms with Gasteiger partial charge in [0.25, 0.3) is 0 Å². The second kappa shape index (κ2) is 5.86. The normalized spacial score (nSPS) is 15.2. The van der Waals surface area contributed by atoms with Gasteiger partial charge < -0.3 is 5.32 Å². The van der Waals surface area contributed by atoms with Crippen LogP contribution in [0.25, 0.3) is 0 Å². The highest BCUT2D eigenvalue weighted by Crippen LogP contribution is 2.33. The average Bonchev–Trinajstić information content (AvgIpc) is 2.47. The van der Waals surface area contributed by atoms with Crippen LogP contribution in [0.3, 0.4) is 0 Å². The van der Waals surface area contributed by atoms with Gasteiger partial charge >= 0.3 is 0 Å². The number of fused-ring (bicyclic) bond motifs is 1. The fourth-order valence-electron chi connectivity index (χ4n) is 2.59. The Kier molecular flexibility index (Phi) is 3.93. The van der Waals surface area contributed by atoms with Crippen LogP contribution in [0.1, 0.15) is 28.5 Å². The Morgan fingerprint density at radius 2 is 1.95 bits per heavy atom. The van der Waals surface area contributed by atoms with Crippen molar-refractivity contribution in [2.45, 2.75) is 24.6 Å². The first-order valence-electron chi connectivity index (χ1n) is 6.93. The number of nitrogens with one attached hydrogen (secondary N) is 1. The Hall–Kier alpha value is -1.87. The molecule has 2 aromatic carbocycles. The number of alkyl halides is 1. The molecule has 1 atom stereocenters. The molecule has 0 saturated carbocycles. The molecule has 0 fully saturated rings. The van der Waals surface area contributed by atoms with Gasteiger partial charge in [-0.05, 0) is 36.1 Å². The first kappa shape index (κ1) is 14.1. The van der Waals surface area contributed by atoms with Crippen LogP contribution < -0.4 is 5.32 Å². The fraction of sp³-hybridized carbons (Fsp3) is 0.235. The molecular weight excluding hydrogens is 289 g/mol. The molecule has 0 radical (unpaired) electrons. The number of carbonyl (C=O) groups is 1. The lowest BCUT2D eigenvalue weighted by Crippen LogP contribution is -2.19. The maximum Gasteiger partial charge on any atom is 0.224 e. The van der Waals surface area contributed by atoms with Gasteiger partial charge in [0, 0.05) is 17.7 Å². The van der Waals surface area contributed by atoms with Gasteiger partial charge in [0.1, 0.15) is 5.82 Å². The molecule has 1 heterocycles. The van der Waals surface area contributed by atoms with Crippen LogP contribution in [-0.4, -0.2) is 5.91 Å². The molecule has 1 aliphatic rings. The van der Waals surface area contributed by atoms with Crippen molar-refractivity contribution in [2.75, 3.05) is 5.32 Å². The topological polar surface area (TPSA) is 29.1 Å². The zero-order valence-corrected chi connectivity index (χ0v) is 12.2. The van der Waals surface area contributed by atoms with Gasteiger partial charge in [-0.1, -0.05) is 30.3 Å². The van der Waals surface area contributed by atoms with Gasteiger partial charge in [0.15, 0.2) is 0 Å². The largest absolute Gasteiger partial charge is 0.326 e. The molecule has 1 unspecified atom stereocenters. The summed E-state index contributed by atoms with van der Waals surface area (Å²) in [6, 6.07) is 12.9. The molecule has 0 saturated heterocycles. The Balaban J connectivity index is 1.86. The van der Waals surface area contributed by atoms with Crippen LogP contribution in [-0.2, 0) is 17.6 Å². The molecule has 21 heavy (non-hydrogen) atoms. The molecule has 2 aromatic rings. The van der Waals surface area contributed by atoms with Crippen molar-refractivity contribution in [1.82, 2.24) is 0 Å². The van der Waals surface area contributed by atoms with E-state index in [2.05, 4.69) is 5.32 Å². The van der Waals surface area contributed by atoms with Crippen LogP contribution in [0.2, 0.25) is 0 Å². The number of amides is 1. The van der Waals surface area contributed by atoms with Gasteiger partial charge in [-0.25, -0.2) is 4.39 Å². The third-order valence-corrected chi connectivity index (χ3v) is 4.10. The van der Waals surface area contributed by atoms with Crippen molar-refractivity contribution in [2.24, 2.45) is 0 Å². The monoisotopic (exact) mass is 303 g/mol. The number of halogens is 2. The van der Waals surface area contributed by atoms with Crippen molar-refractivity contribution in [3.63, 3.8) is 0 Å². The molecular formula is C17H15ClFNO. The van der Waals surface area contributed by atoms with E-state index in [1.54, 1.807) is 6.07 Å². The summed E-state index contributed by atoms with van der Waals surface area (Å²) in [7, 11) is 0. The molecule has 0 aliphatic carbocycles. The summed E-state index contributed by atoms with van der Waals surface area (Å²) in [4.78, 5) is 11.3. The van der Waals surface area contributed by atoms with Crippen molar-refractivity contribution >= 4 is 23.2 Å². The molecule has 3 rings (SSSR count). The summed E-state index contributed by atoms with van der Waals surface area (Å²) >= 11 is 6.39. The molecule has 0 bridgehead atoms. The van der Waals surface area contributed by atoms with Gasteiger partial charge in [-0.15, -0.1) is 11.6 Å². The predicted octanol–water partition coefficient (Wildman–Crippen LogP) is 4.23. The zero-order chi connectivity index (χ0) is 14.8. The molecule has 1 N–H and O–H groups in total. The van der Waals surface area contributed by atoms with Crippen LogP contribution in [0.4, 0.5) is 10.1 Å². The first-order chi connectivity index (χ1) is 10.1. The lowest BCUT2D eigenvalue weighted by atomic mass is 9.96. The highest BCUT2D eigenvalue weighted by atomic mass is 35.5. The second-order valence-electron chi connectivity index (χ2n) is 5.24. The minimum Gasteiger partial charge on any atom is -0.326 e. The van der Waals surface area contributed by atoms with E-state index in [-0.39, 0.29) is 11.7 Å². The SMILES string of the molecule is O=C1CCc2cc(C(Cl)Cc3ccccc3)c(F)cc2N1. The Bertz CT molecular complexity index is 672. The van der Waals surface area contributed by atoms with E-state index in [9.17, 15) is 9.18 Å². The maximum atomic E-state index is 14.2. The van der Waals surface area contributed by atoms with E-state index >= 15 is 0 Å². The first-order valence-corrected chi connectivity index (χ1v) is 7.37. The molecule has 1 aliphatic heterocycles. The molecule has 2 nitrogen and oxygen atoms in total. The van der Waals surface area contributed by atoms with Crippen LogP contribution >= 0.6 is 11.6 Å². The van der Waals surface area contributed by atoms with Gasteiger partial charge in [-0.3, -0.25) is 4.79 Å². The molecule has 0 aromatic heterocycles. The van der Waals surface area contributed by atoms with Gasteiger partial charge in [0.05, 0.1) is 5.38 Å². The number of anilines is 1. The van der Waals surface area contributed by atoms with Crippen LogP contribution in [0, 0.1) is 5.82 Å². The summed E-state index contributed by atoms with van der Waals surface area (Å²) < 4.78 is 14.2. The number of aryl methyl sites for hydroxylation is 1. The molecule has 0 spiro atoms. The van der Waals surface area contributed by atoms with Crippen LogP contribution in [0.5, 0.6) is 0 Å². The summed E-state index contributed by atoms with van der Waals surface area (Å²) in [5, 5.41) is 2.27. The van der Waals surface area contributed by atoms with E-state index in [0.717, 1.165) is 11.1 Å². The number of hydrogen-bond acceptors (Lipinski definition) is 1. The van der Waals surface area contributed by atoms with E-state index in [0.29, 0.717) is 30.5 Å². The summed E-state index contributed by atoms with van der Waals surface area (Å²) in [5.74, 6) is -0.437. The Morgan fingerprint density at radius 3 is 2.71 bits per heavy atom. The minimum absolute atomic E-state index is 0.0682. The van der Waals surface area contributed by atoms with Crippen LogP contribution in [0.15, 0.2) is 42.5 Å². The summed E-state index contributed by atoms with van der Waals surface area (Å²) in [6.45, 7) is 0. The van der Waals surface area contributed by atoms with Crippen molar-refractivity contribution in [3.05, 3.63) is 65.0 Å². The second-order valence-corrected chi connectivity index (χ2v) is 5.76. The summed E-state index contributed by atoms with van der Waals surface area (Å²) in [5.41, 5.74) is 3.08. The summed E-state index contributed by atoms with van der Waals surface area (Å²) in [6.07, 6.45) is 1.64. The Labute approximate surface area is 127 Å². The van der Waals surface area contributed by atoms with Crippen molar-refractivity contribution < 1.29 is 9.18 Å². The highest BCUT2D eigenvalue weighted by molar-refractivity contribution is 6.21. The highest BCUT2D eigenvalue weighted by Gasteiger charge is 2.21. The lowest BCUT2D eigenvalue weighted by Gasteiger charge is -2.20. The van der Waals surface area contributed by atoms with Gasteiger partial charge in [-0.2, -0.15) is 0 Å². The third-order valence-electron chi connectivity index (χ3n) is 3.71. The van der Waals surface area contributed by atoms with Crippen molar-refractivity contribution in [1.29, 1.82) is 0 Å². The smallest absolute Gasteiger partial charge is 0.224 e. The number of benzene rings is 2.